The third kappa shape index (κ3) is 2.57. The van der Waals surface area contributed by atoms with Gasteiger partial charge in [0.25, 0.3) is 0 Å². The van der Waals surface area contributed by atoms with Crippen molar-refractivity contribution in [2.75, 3.05) is 0 Å². The summed E-state index contributed by atoms with van der Waals surface area (Å²) in [6.07, 6.45) is 7.56. The molecular formula is C19H18N4OS. The molecule has 4 aromatic rings. The zero-order valence-electron chi connectivity index (χ0n) is 14.0. The van der Waals surface area contributed by atoms with E-state index in [4.69, 9.17) is 9.52 Å². The van der Waals surface area contributed by atoms with Gasteiger partial charge in [-0.2, -0.15) is 9.61 Å². The SMILES string of the molecule is Cc1occc1-c1nnc2sc(Cc3ccc4c(c3)CCCC4)nn12. The zero-order chi connectivity index (χ0) is 16.8. The highest BCUT2D eigenvalue weighted by atomic mass is 32.1. The minimum atomic E-state index is 0.745. The van der Waals surface area contributed by atoms with E-state index in [0.717, 1.165) is 33.5 Å². The van der Waals surface area contributed by atoms with Crippen molar-refractivity contribution in [1.29, 1.82) is 0 Å². The Labute approximate surface area is 149 Å². The van der Waals surface area contributed by atoms with Crippen molar-refractivity contribution in [2.24, 2.45) is 0 Å². The lowest BCUT2D eigenvalue weighted by atomic mass is 9.90. The van der Waals surface area contributed by atoms with Crippen LogP contribution in [0.25, 0.3) is 16.3 Å². The fourth-order valence-corrected chi connectivity index (χ4v) is 4.45. The Kier molecular flexibility index (Phi) is 3.45. The average molecular weight is 350 g/mol. The van der Waals surface area contributed by atoms with Crippen LogP contribution in [0.3, 0.4) is 0 Å². The quantitative estimate of drug-likeness (QED) is 0.555. The molecule has 0 saturated carbocycles. The van der Waals surface area contributed by atoms with Crippen molar-refractivity contribution in [3.63, 3.8) is 0 Å². The molecule has 3 heterocycles. The number of fused-ring (bicyclic) bond motifs is 2. The summed E-state index contributed by atoms with van der Waals surface area (Å²) < 4.78 is 7.22. The molecule has 25 heavy (non-hydrogen) atoms. The zero-order valence-corrected chi connectivity index (χ0v) is 14.8. The molecule has 1 aliphatic rings. The number of nitrogens with zero attached hydrogens (tertiary/aromatic N) is 4. The highest BCUT2D eigenvalue weighted by Gasteiger charge is 2.17. The standard InChI is InChI=1S/C19H18N4OS/c1-12-16(8-9-24-12)18-20-21-19-23(18)22-17(25-19)11-13-6-7-14-4-2-3-5-15(14)10-13/h6-10H,2-5,11H2,1H3. The molecule has 126 valence electrons. The maximum absolute atomic E-state index is 5.39. The number of furan rings is 1. The molecule has 0 bridgehead atoms. The van der Waals surface area contributed by atoms with Gasteiger partial charge in [-0.05, 0) is 55.4 Å². The van der Waals surface area contributed by atoms with Crippen LogP contribution in [-0.4, -0.2) is 19.8 Å². The van der Waals surface area contributed by atoms with Crippen LogP contribution in [0.15, 0.2) is 34.9 Å². The number of aryl methyl sites for hydroxylation is 3. The van der Waals surface area contributed by atoms with Crippen LogP contribution in [0, 0.1) is 6.92 Å². The minimum absolute atomic E-state index is 0.745. The van der Waals surface area contributed by atoms with Crippen LogP contribution in [0.1, 0.15) is 40.3 Å². The largest absolute Gasteiger partial charge is 0.469 e. The highest BCUT2D eigenvalue weighted by Crippen LogP contribution is 2.27. The minimum Gasteiger partial charge on any atom is -0.469 e. The van der Waals surface area contributed by atoms with E-state index in [1.54, 1.807) is 17.6 Å². The first-order valence-corrected chi connectivity index (χ1v) is 9.46. The molecule has 0 atom stereocenters. The Morgan fingerprint density at radius 3 is 2.84 bits per heavy atom. The van der Waals surface area contributed by atoms with Gasteiger partial charge in [0.2, 0.25) is 4.96 Å². The Bertz CT molecular complexity index is 1060. The molecule has 1 aromatic carbocycles. The molecular weight excluding hydrogens is 332 g/mol. The van der Waals surface area contributed by atoms with Gasteiger partial charge in [0.15, 0.2) is 5.82 Å². The smallest absolute Gasteiger partial charge is 0.234 e. The number of rotatable bonds is 3. The monoisotopic (exact) mass is 350 g/mol. The fraction of sp³-hybridized carbons (Fsp3) is 0.316. The topological polar surface area (TPSA) is 56.2 Å². The number of hydrogen-bond donors (Lipinski definition) is 0. The lowest BCUT2D eigenvalue weighted by Crippen LogP contribution is -2.03. The summed E-state index contributed by atoms with van der Waals surface area (Å²) in [6, 6.07) is 8.81. The van der Waals surface area contributed by atoms with Gasteiger partial charge in [0.05, 0.1) is 11.8 Å². The molecule has 6 heteroatoms. The summed E-state index contributed by atoms with van der Waals surface area (Å²) in [7, 11) is 0. The molecule has 0 radical (unpaired) electrons. The van der Waals surface area contributed by atoms with Crippen LogP contribution in [-0.2, 0) is 19.3 Å². The Hall–Kier alpha value is -2.47. The second-order valence-corrected chi connectivity index (χ2v) is 7.63. The first-order valence-electron chi connectivity index (χ1n) is 8.64. The van der Waals surface area contributed by atoms with Crippen molar-refractivity contribution in [1.82, 2.24) is 19.8 Å². The van der Waals surface area contributed by atoms with Crippen LogP contribution in [0.5, 0.6) is 0 Å². The second kappa shape index (κ2) is 5.81. The van der Waals surface area contributed by atoms with Gasteiger partial charge in [0, 0.05) is 6.42 Å². The molecule has 1 aliphatic carbocycles. The average Bonchev–Trinajstić information content (AvgIpc) is 3.30. The van der Waals surface area contributed by atoms with Gasteiger partial charge in [-0.25, -0.2) is 0 Å². The van der Waals surface area contributed by atoms with Gasteiger partial charge >= 0.3 is 0 Å². The molecule has 0 unspecified atom stereocenters. The van der Waals surface area contributed by atoms with Crippen LogP contribution in [0.4, 0.5) is 0 Å². The summed E-state index contributed by atoms with van der Waals surface area (Å²) in [6.45, 7) is 1.93. The third-order valence-electron chi connectivity index (χ3n) is 4.90. The summed E-state index contributed by atoms with van der Waals surface area (Å²) >= 11 is 1.60. The molecule has 0 spiro atoms. The normalized spacial score (nSPS) is 14.1. The van der Waals surface area contributed by atoms with E-state index in [1.807, 2.05) is 17.5 Å². The molecule has 3 aromatic heterocycles. The second-order valence-electron chi connectivity index (χ2n) is 6.59. The Morgan fingerprint density at radius 2 is 2.00 bits per heavy atom. The Balaban J connectivity index is 1.48. The van der Waals surface area contributed by atoms with E-state index in [2.05, 4.69) is 28.4 Å². The highest BCUT2D eigenvalue weighted by molar-refractivity contribution is 7.16. The van der Waals surface area contributed by atoms with E-state index < -0.39 is 0 Å². The number of aromatic nitrogens is 4. The van der Waals surface area contributed by atoms with Crippen molar-refractivity contribution < 1.29 is 4.42 Å². The number of benzene rings is 1. The molecule has 5 rings (SSSR count). The van der Waals surface area contributed by atoms with E-state index in [0.29, 0.717) is 0 Å². The maximum atomic E-state index is 5.39. The van der Waals surface area contributed by atoms with Gasteiger partial charge < -0.3 is 4.42 Å². The van der Waals surface area contributed by atoms with Gasteiger partial charge in [-0.1, -0.05) is 29.5 Å². The van der Waals surface area contributed by atoms with Crippen molar-refractivity contribution in [3.05, 3.63) is 58.0 Å². The number of hydrogen-bond acceptors (Lipinski definition) is 5. The molecule has 0 amide bonds. The van der Waals surface area contributed by atoms with E-state index in [-0.39, 0.29) is 0 Å². The summed E-state index contributed by atoms with van der Waals surface area (Å²) in [5.74, 6) is 1.58. The maximum Gasteiger partial charge on any atom is 0.234 e. The van der Waals surface area contributed by atoms with Gasteiger partial charge in [-0.3, -0.25) is 0 Å². The first kappa shape index (κ1) is 14.8. The van der Waals surface area contributed by atoms with Crippen LogP contribution >= 0.6 is 11.3 Å². The van der Waals surface area contributed by atoms with Crippen LogP contribution in [0.2, 0.25) is 0 Å². The van der Waals surface area contributed by atoms with Crippen molar-refractivity contribution >= 4 is 16.3 Å². The molecule has 5 nitrogen and oxygen atoms in total. The molecule has 0 fully saturated rings. The van der Waals surface area contributed by atoms with E-state index >= 15 is 0 Å². The van der Waals surface area contributed by atoms with Crippen molar-refractivity contribution in [3.8, 4) is 11.4 Å². The lowest BCUT2D eigenvalue weighted by molar-refractivity contribution is 0.535. The van der Waals surface area contributed by atoms with E-state index in [9.17, 15) is 0 Å². The van der Waals surface area contributed by atoms with Crippen molar-refractivity contribution in [2.45, 2.75) is 39.0 Å². The van der Waals surface area contributed by atoms with Gasteiger partial charge in [0.1, 0.15) is 10.8 Å². The predicted molar refractivity (Wildman–Crippen MR) is 97.0 cm³/mol. The molecule has 0 saturated heterocycles. The lowest BCUT2D eigenvalue weighted by Gasteiger charge is -2.16. The third-order valence-corrected chi connectivity index (χ3v) is 5.80. The predicted octanol–water partition coefficient (Wildman–Crippen LogP) is 4.22. The van der Waals surface area contributed by atoms with Crippen LogP contribution < -0.4 is 0 Å². The fourth-order valence-electron chi connectivity index (χ4n) is 3.58. The summed E-state index contributed by atoms with van der Waals surface area (Å²) in [4.78, 5) is 0.823. The summed E-state index contributed by atoms with van der Waals surface area (Å²) in [5.41, 5.74) is 5.30. The molecule has 0 N–H and O–H groups in total. The van der Waals surface area contributed by atoms with Gasteiger partial charge in [-0.15, -0.1) is 10.2 Å². The van der Waals surface area contributed by atoms with E-state index in [1.165, 1.54) is 42.4 Å². The Morgan fingerprint density at radius 1 is 1.12 bits per heavy atom. The summed E-state index contributed by atoms with van der Waals surface area (Å²) in [5, 5.41) is 14.3. The molecule has 0 aliphatic heterocycles. The first-order chi connectivity index (χ1) is 12.3.